The van der Waals surface area contributed by atoms with Crippen molar-refractivity contribution in [3.63, 3.8) is 0 Å². The van der Waals surface area contributed by atoms with Crippen molar-refractivity contribution in [3.05, 3.63) is 47.6 Å². The van der Waals surface area contributed by atoms with Gasteiger partial charge in [-0.05, 0) is 36.6 Å². The number of piperidine rings is 1. The van der Waals surface area contributed by atoms with Crippen molar-refractivity contribution in [2.45, 2.75) is 12.8 Å². The van der Waals surface area contributed by atoms with Gasteiger partial charge in [0, 0.05) is 30.4 Å². The molecular weight excluding hydrogens is 376 g/mol. The summed E-state index contributed by atoms with van der Waals surface area (Å²) in [5.41, 5.74) is 8.24. The standard InChI is InChI=1S/C19H20N6O2S/c20-17(26)16-11-28-19(23-16)25-9-1-2-13(10-25)18(27)22-14-5-3-12(4-6-14)15-7-8-21-24-15/h3-8,11,13H,1-2,9-10H2,(H2,20,26)(H,21,24)(H,22,27)/t13-/m0/s1. The van der Waals surface area contributed by atoms with Crippen LogP contribution in [0.4, 0.5) is 10.8 Å². The van der Waals surface area contributed by atoms with Gasteiger partial charge >= 0.3 is 0 Å². The minimum absolute atomic E-state index is 0.00864. The number of hydrogen-bond donors (Lipinski definition) is 3. The smallest absolute Gasteiger partial charge is 0.268 e. The second-order valence-electron chi connectivity index (χ2n) is 6.70. The molecule has 0 saturated carbocycles. The summed E-state index contributed by atoms with van der Waals surface area (Å²) in [6.07, 6.45) is 3.42. The fourth-order valence-electron chi connectivity index (χ4n) is 3.28. The molecule has 3 heterocycles. The van der Waals surface area contributed by atoms with E-state index in [4.69, 9.17) is 5.73 Å². The van der Waals surface area contributed by atoms with Crippen LogP contribution in [0.25, 0.3) is 11.3 Å². The normalized spacial score (nSPS) is 16.7. The predicted molar refractivity (Wildman–Crippen MR) is 108 cm³/mol. The van der Waals surface area contributed by atoms with Gasteiger partial charge in [-0.1, -0.05) is 12.1 Å². The number of carbonyl (C=O) groups is 2. The number of nitrogens with one attached hydrogen (secondary N) is 2. The topological polar surface area (TPSA) is 117 Å². The zero-order valence-corrected chi connectivity index (χ0v) is 15.9. The summed E-state index contributed by atoms with van der Waals surface area (Å²) >= 11 is 1.38. The Morgan fingerprint density at radius 1 is 1.25 bits per heavy atom. The van der Waals surface area contributed by atoms with E-state index in [0.29, 0.717) is 6.54 Å². The first-order valence-corrected chi connectivity index (χ1v) is 9.89. The average molecular weight is 396 g/mol. The van der Waals surface area contributed by atoms with Crippen LogP contribution < -0.4 is 16.0 Å². The first-order valence-electron chi connectivity index (χ1n) is 9.01. The molecule has 1 atom stereocenters. The summed E-state index contributed by atoms with van der Waals surface area (Å²) in [6, 6.07) is 9.55. The van der Waals surface area contributed by atoms with Gasteiger partial charge in [0.25, 0.3) is 5.91 Å². The Morgan fingerprint density at radius 3 is 2.75 bits per heavy atom. The largest absolute Gasteiger partial charge is 0.364 e. The maximum atomic E-state index is 12.7. The maximum Gasteiger partial charge on any atom is 0.268 e. The molecule has 1 saturated heterocycles. The highest BCUT2D eigenvalue weighted by molar-refractivity contribution is 7.13. The number of primary amides is 1. The number of benzene rings is 1. The number of carbonyl (C=O) groups excluding carboxylic acids is 2. The molecule has 1 fully saturated rings. The van der Waals surface area contributed by atoms with Crippen LogP contribution in [-0.2, 0) is 4.79 Å². The molecule has 4 N–H and O–H groups in total. The van der Waals surface area contributed by atoms with E-state index in [1.807, 2.05) is 35.2 Å². The van der Waals surface area contributed by atoms with Gasteiger partial charge in [0.05, 0.1) is 11.6 Å². The van der Waals surface area contributed by atoms with E-state index in [2.05, 4.69) is 20.5 Å². The third-order valence-electron chi connectivity index (χ3n) is 4.77. The van der Waals surface area contributed by atoms with E-state index < -0.39 is 5.91 Å². The molecule has 1 aliphatic rings. The Bertz CT molecular complexity index is 967. The van der Waals surface area contributed by atoms with E-state index >= 15 is 0 Å². The number of aromatic nitrogens is 3. The number of aromatic amines is 1. The molecule has 2 aromatic heterocycles. The first kappa shape index (κ1) is 18.2. The lowest BCUT2D eigenvalue weighted by Crippen LogP contribution is -2.40. The molecule has 3 aromatic rings. The summed E-state index contributed by atoms with van der Waals surface area (Å²) in [6.45, 7) is 1.39. The van der Waals surface area contributed by atoms with Crippen LogP contribution in [0.3, 0.4) is 0 Å². The summed E-state index contributed by atoms with van der Waals surface area (Å²) in [7, 11) is 0. The molecule has 144 valence electrons. The predicted octanol–water partition coefficient (Wildman–Crippen LogP) is 2.49. The molecule has 8 nitrogen and oxygen atoms in total. The Labute approximate surface area is 165 Å². The van der Waals surface area contributed by atoms with Crippen LogP contribution in [0, 0.1) is 5.92 Å². The van der Waals surface area contributed by atoms with Crippen molar-refractivity contribution in [3.8, 4) is 11.3 Å². The van der Waals surface area contributed by atoms with Gasteiger partial charge in [-0.3, -0.25) is 14.7 Å². The lowest BCUT2D eigenvalue weighted by Gasteiger charge is -2.31. The molecule has 4 rings (SSSR count). The van der Waals surface area contributed by atoms with Gasteiger partial charge in [0.15, 0.2) is 5.13 Å². The quantitative estimate of drug-likeness (QED) is 0.612. The summed E-state index contributed by atoms with van der Waals surface area (Å²) in [5, 5.41) is 12.2. The highest BCUT2D eigenvalue weighted by Crippen LogP contribution is 2.27. The lowest BCUT2D eigenvalue weighted by molar-refractivity contribution is -0.120. The Kier molecular flexibility index (Phi) is 5.07. The van der Waals surface area contributed by atoms with Crippen molar-refractivity contribution in [2.24, 2.45) is 11.7 Å². The van der Waals surface area contributed by atoms with Crippen LogP contribution in [-0.4, -0.2) is 40.1 Å². The fraction of sp³-hybridized carbons (Fsp3) is 0.263. The number of rotatable bonds is 5. The molecule has 0 aliphatic carbocycles. The van der Waals surface area contributed by atoms with Gasteiger partial charge in [0.1, 0.15) is 5.69 Å². The lowest BCUT2D eigenvalue weighted by atomic mass is 9.97. The van der Waals surface area contributed by atoms with Crippen molar-refractivity contribution >= 4 is 34.0 Å². The summed E-state index contributed by atoms with van der Waals surface area (Å²) < 4.78 is 0. The molecule has 0 bridgehead atoms. The van der Waals surface area contributed by atoms with Crippen LogP contribution in [0.15, 0.2) is 41.9 Å². The number of hydrogen-bond acceptors (Lipinski definition) is 6. The highest BCUT2D eigenvalue weighted by atomic mass is 32.1. The zero-order chi connectivity index (χ0) is 19.5. The molecule has 0 radical (unpaired) electrons. The zero-order valence-electron chi connectivity index (χ0n) is 15.1. The van der Waals surface area contributed by atoms with Gasteiger partial charge in [0.2, 0.25) is 5.91 Å². The molecule has 9 heteroatoms. The van der Waals surface area contributed by atoms with Crippen molar-refractivity contribution in [2.75, 3.05) is 23.3 Å². The second-order valence-corrected chi connectivity index (χ2v) is 7.54. The van der Waals surface area contributed by atoms with Crippen LogP contribution in [0.1, 0.15) is 23.3 Å². The third kappa shape index (κ3) is 3.89. The molecular formula is C19H20N6O2S. The molecule has 1 aliphatic heterocycles. The Morgan fingerprint density at radius 2 is 2.07 bits per heavy atom. The number of nitrogens with two attached hydrogens (primary N) is 1. The van der Waals surface area contributed by atoms with Gasteiger partial charge in [-0.25, -0.2) is 4.98 Å². The molecule has 0 spiro atoms. The number of thiazole rings is 1. The van der Waals surface area contributed by atoms with E-state index in [1.165, 1.54) is 11.3 Å². The van der Waals surface area contributed by atoms with E-state index in [-0.39, 0.29) is 17.5 Å². The first-order chi connectivity index (χ1) is 13.6. The number of anilines is 2. The monoisotopic (exact) mass is 396 g/mol. The minimum atomic E-state index is -0.535. The number of amides is 2. The number of nitrogens with zero attached hydrogens (tertiary/aromatic N) is 3. The molecule has 0 unspecified atom stereocenters. The molecule has 28 heavy (non-hydrogen) atoms. The van der Waals surface area contributed by atoms with Crippen LogP contribution in [0.5, 0.6) is 0 Å². The fourth-order valence-corrected chi connectivity index (χ4v) is 4.13. The highest BCUT2D eigenvalue weighted by Gasteiger charge is 2.27. The van der Waals surface area contributed by atoms with Crippen molar-refractivity contribution in [1.82, 2.24) is 15.2 Å². The summed E-state index contributed by atoms with van der Waals surface area (Å²) in [4.78, 5) is 30.3. The third-order valence-corrected chi connectivity index (χ3v) is 5.67. The van der Waals surface area contributed by atoms with E-state index in [9.17, 15) is 9.59 Å². The van der Waals surface area contributed by atoms with Crippen molar-refractivity contribution in [1.29, 1.82) is 0 Å². The van der Waals surface area contributed by atoms with Crippen LogP contribution >= 0.6 is 11.3 Å². The Balaban J connectivity index is 1.39. The SMILES string of the molecule is NC(=O)c1csc(N2CCC[C@H](C(=O)Nc3ccc(-c4ccn[nH]4)cc3)C2)n1. The van der Waals surface area contributed by atoms with Gasteiger partial charge < -0.3 is 16.0 Å². The van der Waals surface area contributed by atoms with E-state index in [0.717, 1.165) is 41.5 Å². The minimum Gasteiger partial charge on any atom is -0.364 e. The number of H-pyrrole nitrogens is 1. The second kappa shape index (κ2) is 7.81. The van der Waals surface area contributed by atoms with E-state index in [1.54, 1.807) is 11.6 Å². The average Bonchev–Trinajstić information content (AvgIpc) is 3.41. The van der Waals surface area contributed by atoms with Gasteiger partial charge in [-0.2, -0.15) is 5.10 Å². The summed E-state index contributed by atoms with van der Waals surface area (Å²) in [5.74, 6) is -0.681. The van der Waals surface area contributed by atoms with Gasteiger partial charge in [-0.15, -0.1) is 11.3 Å². The molecule has 2 amide bonds. The van der Waals surface area contributed by atoms with Crippen molar-refractivity contribution < 1.29 is 9.59 Å². The molecule has 1 aromatic carbocycles. The van der Waals surface area contributed by atoms with Crippen LogP contribution in [0.2, 0.25) is 0 Å². The maximum absolute atomic E-state index is 12.7. The Hall–Kier alpha value is -3.20.